The maximum Gasteiger partial charge on any atom is 0.394 e. The predicted octanol–water partition coefficient (Wildman–Crippen LogP) is 5.43. The number of nitrogens with one attached hydrogen (secondary N) is 6. The van der Waals surface area contributed by atoms with Crippen molar-refractivity contribution in [1.82, 2.24) is 50.5 Å². The Kier molecular flexibility index (Phi) is 15.2. The summed E-state index contributed by atoms with van der Waals surface area (Å²) in [5.74, 6) is -1.72. The number of amides is 6. The fourth-order valence-electron chi connectivity index (χ4n) is 7.68. The molecule has 26 heteroatoms. The molecule has 0 radical (unpaired) electrons. The van der Waals surface area contributed by atoms with Gasteiger partial charge in [0.15, 0.2) is 24.5 Å². The summed E-state index contributed by atoms with van der Waals surface area (Å²) < 4.78 is 73.7. The lowest BCUT2D eigenvalue weighted by molar-refractivity contribution is -0.159. The lowest BCUT2D eigenvalue weighted by Gasteiger charge is -2.18. The topological polar surface area (TPSA) is 272 Å². The molecule has 0 saturated carbocycles. The maximum absolute atomic E-state index is 13.4. The first kappa shape index (κ1) is 51.7. The molecule has 4 aromatic heterocycles. The minimum absolute atomic E-state index is 0.00578. The van der Waals surface area contributed by atoms with Crippen molar-refractivity contribution in [3.05, 3.63) is 167 Å². The highest BCUT2D eigenvalue weighted by atomic mass is 19.3. The molecule has 394 valence electrons. The zero-order valence-corrected chi connectivity index (χ0v) is 40.1. The number of rotatable bonds is 16. The van der Waals surface area contributed by atoms with E-state index in [9.17, 15) is 46.3 Å². The van der Waals surface area contributed by atoms with Crippen LogP contribution in [0.25, 0.3) is 11.3 Å². The number of carbonyl (C=O) groups excluding carboxylic acids is 6. The molecule has 4 aromatic carbocycles. The Morgan fingerprint density at radius 3 is 1.60 bits per heavy atom. The van der Waals surface area contributed by atoms with E-state index in [1.807, 2.05) is 0 Å². The van der Waals surface area contributed by atoms with Crippen molar-refractivity contribution >= 4 is 58.1 Å². The van der Waals surface area contributed by atoms with Gasteiger partial charge in [-0.05, 0) is 59.2 Å². The number of hydrogen-bond donors (Lipinski definition) is 6. The maximum atomic E-state index is 13.4. The Hall–Kier alpha value is -10.1. The Morgan fingerprint density at radius 1 is 0.623 bits per heavy atom. The van der Waals surface area contributed by atoms with Crippen molar-refractivity contribution in [2.24, 2.45) is 0 Å². The number of carbonyl (C=O) groups is 6. The Labute approximate surface area is 432 Å². The van der Waals surface area contributed by atoms with Gasteiger partial charge in [-0.25, -0.2) is 19.0 Å². The van der Waals surface area contributed by atoms with Gasteiger partial charge >= 0.3 is 12.7 Å². The average molecular weight is 1060 g/mol. The van der Waals surface area contributed by atoms with E-state index in [4.69, 9.17) is 9.47 Å². The van der Waals surface area contributed by atoms with E-state index in [0.717, 1.165) is 5.56 Å². The summed E-state index contributed by atoms with van der Waals surface area (Å²) in [6.45, 7) is -2.17. The summed E-state index contributed by atoms with van der Waals surface area (Å²) in [5.41, 5.74) is 4.06. The molecule has 6 N–H and O–H groups in total. The zero-order chi connectivity index (χ0) is 54.2. The quantitative estimate of drug-likeness (QED) is 0.0659. The SMILES string of the molecule is CC(F)(F)Oc1ccccc1CNC(=O)c1cc(C(=O)NCc2ccc3c(c2)NC(=O)CO3)nc2ccnn12.O=C1COc2ccc(CNC(=O)c3cc(C(=O)NCc4ccc(OC(F)F)cc4)n4nccc4n3)cc2N1. The Morgan fingerprint density at radius 2 is 1.09 bits per heavy atom. The van der Waals surface area contributed by atoms with Crippen LogP contribution in [0.5, 0.6) is 23.0 Å². The summed E-state index contributed by atoms with van der Waals surface area (Å²) >= 11 is 0. The van der Waals surface area contributed by atoms with Crippen molar-refractivity contribution in [1.29, 1.82) is 0 Å². The van der Waals surface area contributed by atoms with Crippen LogP contribution in [0.1, 0.15) is 71.1 Å². The third-order valence-electron chi connectivity index (χ3n) is 11.2. The fourth-order valence-corrected chi connectivity index (χ4v) is 7.68. The number of para-hydroxylation sites is 1. The highest BCUT2D eigenvalue weighted by Crippen LogP contribution is 2.30. The van der Waals surface area contributed by atoms with E-state index in [0.29, 0.717) is 52.1 Å². The Balaban J connectivity index is 0.000000188. The molecule has 8 aromatic rings. The van der Waals surface area contributed by atoms with Crippen molar-refractivity contribution < 1.29 is 65.3 Å². The number of benzene rings is 4. The zero-order valence-electron chi connectivity index (χ0n) is 40.1. The number of nitrogens with zero attached hydrogens (tertiary/aromatic N) is 6. The number of fused-ring (bicyclic) bond motifs is 4. The van der Waals surface area contributed by atoms with Crippen LogP contribution in [0.3, 0.4) is 0 Å². The van der Waals surface area contributed by atoms with E-state index in [1.54, 1.807) is 72.8 Å². The van der Waals surface area contributed by atoms with Gasteiger partial charge in [-0.1, -0.05) is 42.5 Å². The first-order valence-corrected chi connectivity index (χ1v) is 23.1. The third-order valence-corrected chi connectivity index (χ3v) is 11.2. The van der Waals surface area contributed by atoms with Crippen LogP contribution >= 0.6 is 0 Å². The number of ether oxygens (including phenoxy) is 4. The van der Waals surface area contributed by atoms with E-state index >= 15 is 0 Å². The van der Waals surface area contributed by atoms with Crippen LogP contribution in [0.15, 0.2) is 122 Å². The molecule has 0 aliphatic carbocycles. The molecule has 0 saturated heterocycles. The van der Waals surface area contributed by atoms with Gasteiger partial charge in [0.25, 0.3) is 35.4 Å². The third kappa shape index (κ3) is 13.0. The van der Waals surface area contributed by atoms with Gasteiger partial charge in [0.2, 0.25) is 0 Å². The summed E-state index contributed by atoms with van der Waals surface area (Å²) in [7, 11) is 0. The van der Waals surface area contributed by atoms with Crippen molar-refractivity contribution in [3.8, 4) is 23.0 Å². The normalized spacial score (nSPS) is 12.6. The van der Waals surface area contributed by atoms with E-state index in [1.165, 1.54) is 57.8 Å². The molecule has 2 aliphatic heterocycles. The van der Waals surface area contributed by atoms with Crippen molar-refractivity contribution in [3.63, 3.8) is 0 Å². The molecule has 0 bridgehead atoms. The van der Waals surface area contributed by atoms with Gasteiger partial charge in [0.05, 0.1) is 23.8 Å². The molecule has 22 nitrogen and oxygen atoms in total. The fraction of sp³-hybridized carbons (Fsp3) is 0.176. The van der Waals surface area contributed by atoms with E-state index in [2.05, 4.69) is 61.5 Å². The standard InChI is InChI=1S/C26H22F2N6O5.C25H20F2N6O5/c1-26(27,28)39-20-5-3-2-4-16(20)13-30-25(37)19-11-18(32-22-8-9-31-34(19)22)24(36)29-12-15-6-7-21-17(10-15)33-23(35)14-38-21;26-25(27)38-16-4-1-14(2-5-16)11-29-24(36)19-10-18(31-21-7-8-30-33(19)21)23(35)28-12-15-3-6-20-17(9-15)32-22(34)13-37-20/h2-11H,12-14H2,1H3,(H,29,36)(H,30,37)(H,33,35);1-10,25H,11-13H2,(H,28,35)(H,29,36)(H,32,34). The van der Waals surface area contributed by atoms with Gasteiger partial charge in [-0.3, -0.25) is 28.8 Å². The first-order valence-electron chi connectivity index (χ1n) is 23.1. The molecule has 2 aliphatic rings. The van der Waals surface area contributed by atoms with Gasteiger partial charge in [0.1, 0.15) is 45.8 Å². The molecule has 0 atom stereocenters. The summed E-state index contributed by atoms with van der Waals surface area (Å²) in [6, 6.07) is 27.9. The number of aromatic nitrogens is 6. The van der Waals surface area contributed by atoms with Crippen LogP contribution in [0.2, 0.25) is 0 Å². The molecule has 6 heterocycles. The number of alkyl halides is 4. The lowest BCUT2D eigenvalue weighted by Crippen LogP contribution is -2.29. The van der Waals surface area contributed by atoms with Crippen molar-refractivity contribution in [2.45, 2.75) is 45.8 Å². The van der Waals surface area contributed by atoms with Crippen LogP contribution in [0.4, 0.5) is 28.9 Å². The predicted molar refractivity (Wildman–Crippen MR) is 263 cm³/mol. The number of hydrogen-bond acceptors (Lipinski definition) is 14. The summed E-state index contributed by atoms with van der Waals surface area (Å²) in [5, 5.41) is 24.5. The molecular formula is C51H42F4N12O10. The number of anilines is 2. The summed E-state index contributed by atoms with van der Waals surface area (Å²) in [4.78, 5) is 83.5. The van der Waals surface area contributed by atoms with Gasteiger partial charge in [0, 0.05) is 62.9 Å². The summed E-state index contributed by atoms with van der Waals surface area (Å²) in [6.07, 6.45) is -0.516. The molecule has 10 rings (SSSR count). The van der Waals surface area contributed by atoms with E-state index < -0.39 is 36.3 Å². The molecule has 0 fully saturated rings. The second-order valence-electron chi connectivity index (χ2n) is 16.9. The van der Waals surface area contributed by atoms with Crippen LogP contribution in [-0.4, -0.2) is 90.6 Å². The molecule has 0 unspecified atom stereocenters. The van der Waals surface area contributed by atoms with Crippen LogP contribution in [-0.2, 0) is 35.8 Å². The van der Waals surface area contributed by atoms with Crippen LogP contribution in [0, 0.1) is 0 Å². The smallest absolute Gasteiger partial charge is 0.394 e. The molecule has 6 amide bonds. The van der Waals surface area contributed by atoms with Crippen molar-refractivity contribution in [2.75, 3.05) is 23.8 Å². The Bertz CT molecular complexity index is 3570. The molecular weight excluding hydrogens is 1020 g/mol. The van der Waals surface area contributed by atoms with Gasteiger partial charge in [-0.15, -0.1) is 0 Å². The highest BCUT2D eigenvalue weighted by molar-refractivity contribution is 6.00. The second-order valence-corrected chi connectivity index (χ2v) is 16.9. The highest BCUT2D eigenvalue weighted by Gasteiger charge is 2.26. The molecule has 77 heavy (non-hydrogen) atoms. The monoisotopic (exact) mass is 1060 g/mol. The van der Waals surface area contributed by atoms with E-state index in [-0.39, 0.29) is 91.1 Å². The largest absolute Gasteiger partial charge is 0.482 e. The van der Waals surface area contributed by atoms with Gasteiger partial charge < -0.3 is 50.8 Å². The minimum atomic E-state index is -3.39. The number of halogens is 4. The second kappa shape index (κ2) is 22.5. The van der Waals surface area contributed by atoms with Gasteiger partial charge in [-0.2, -0.15) is 27.8 Å². The molecule has 0 spiro atoms. The minimum Gasteiger partial charge on any atom is -0.482 e. The van der Waals surface area contributed by atoms with Crippen LogP contribution < -0.4 is 50.8 Å². The average Bonchev–Trinajstić information content (AvgIpc) is 4.11. The first-order chi connectivity index (χ1) is 37.0. The lowest BCUT2D eigenvalue weighted by atomic mass is 10.1.